The van der Waals surface area contributed by atoms with Crippen molar-refractivity contribution in [2.75, 3.05) is 18.5 Å². The molecule has 7 atom stereocenters. The number of fused-ring (bicyclic) bond motifs is 10. The second kappa shape index (κ2) is 11.7. The molecule has 3 aromatic carbocycles. The summed E-state index contributed by atoms with van der Waals surface area (Å²) in [6.45, 7) is -0.0683. The Morgan fingerprint density at radius 1 is 0.979 bits per heavy atom. The molecule has 3 amide bonds. The van der Waals surface area contributed by atoms with Crippen molar-refractivity contribution in [2.45, 2.75) is 35.5 Å². The van der Waals surface area contributed by atoms with E-state index in [0.717, 1.165) is 32.7 Å². The number of H-pyrrole nitrogens is 1. The first-order chi connectivity index (χ1) is 22.8. The largest absolute Gasteiger partial charge is 0.484 e. The number of hydrogen-bond acceptors (Lipinski definition) is 8. The van der Waals surface area contributed by atoms with Crippen LogP contribution in [0, 0.1) is 29.6 Å². The molecule has 3 fully saturated rings. The number of aromatic nitrogens is 1. The van der Waals surface area contributed by atoms with Gasteiger partial charge in [-0.25, -0.2) is 0 Å². The molecule has 1 aromatic heterocycles. The first kappa shape index (κ1) is 29.9. The van der Waals surface area contributed by atoms with Gasteiger partial charge in [0.2, 0.25) is 11.8 Å². The number of benzene rings is 3. The molecule has 10 nitrogen and oxygen atoms in total. The van der Waals surface area contributed by atoms with Gasteiger partial charge in [-0.05, 0) is 59.7 Å². The zero-order valence-electron chi connectivity index (χ0n) is 25.1. The summed E-state index contributed by atoms with van der Waals surface area (Å²) < 4.78 is 5.99. The third-order valence-corrected chi connectivity index (χ3v) is 12.8. The van der Waals surface area contributed by atoms with E-state index < -0.39 is 17.8 Å². The topological polar surface area (TPSA) is 146 Å². The minimum Gasteiger partial charge on any atom is -0.484 e. The van der Waals surface area contributed by atoms with Crippen molar-refractivity contribution in [3.63, 3.8) is 0 Å². The van der Waals surface area contributed by atoms with Crippen LogP contribution in [0.3, 0.4) is 0 Å². The van der Waals surface area contributed by atoms with Crippen LogP contribution in [0.5, 0.6) is 5.75 Å². The van der Waals surface area contributed by atoms with Crippen LogP contribution in [-0.2, 0) is 19.2 Å². The zero-order chi connectivity index (χ0) is 32.4. The lowest BCUT2D eigenvalue weighted by molar-refractivity contribution is -0.142. The van der Waals surface area contributed by atoms with Gasteiger partial charge in [-0.1, -0.05) is 59.9 Å². The maximum absolute atomic E-state index is 13.7. The average molecular weight is 670 g/mol. The Hall–Kier alpha value is -4.42. The summed E-state index contributed by atoms with van der Waals surface area (Å²) in [4.78, 5) is 68.9. The lowest BCUT2D eigenvalue weighted by atomic mass is 9.68. The molecule has 2 bridgehead atoms. The molecule has 0 spiro atoms. The van der Waals surface area contributed by atoms with Crippen LogP contribution in [-0.4, -0.2) is 57.1 Å². The third kappa shape index (κ3) is 5.05. The number of carbonyl (C=O) groups excluding carboxylic acids is 3. The fourth-order valence-corrected chi connectivity index (χ4v) is 11.4. The predicted molar refractivity (Wildman–Crippen MR) is 177 cm³/mol. The Morgan fingerprint density at radius 3 is 2.57 bits per heavy atom. The monoisotopic (exact) mass is 669 g/mol. The number of imide groups is 1. The number of carboxylic acids is 1. The molecule has 8 rings (SSSR count). The van der Waals surface area contributed by atoms with Gasteiger partial charge in [0, 0.05) is 40.1 Å². The number of carboxylic acid groups (broad SMARTS) is 1. The van der Waals surface area contributed by atoms with E-state index >= 15 is 0 Å². The van der Waals surface area contributed by atoms with Crippen molar-refractivity contribution in [3.8, 4) is 5.75 Å². The van der Waals surface area contributed by atoms with Crippen LogP contribution in [0.2, 0.25) is 0 Å². The quantitative estimate of drug-likeness (QED) is 0.213. The first-order valence-corrected chi connectivity index (χ1v) is 17.4. The normalized spacial score (nSPS) is 27.1. The van der Waals surface area contributed by atoms with E-state index in [4.69, 9.17) is 9.84 Å². The van der Waals surface area contributed by atoms with Crippen LogP contribution in [0.25, 0.3) is 10.8 Å². The summed E-state index contributed by atoms with van der Waals surface area (Å²) >= 11 is 2.80. The summed E-state index contributed by atoms with van der Waals surface area (Å²) in [6, 6.07) is 21.2. The highest BCUT2D eigenvalue weighted by atomic mass is 32.2. The summed E-state index contributed by atoms with van der Waals surface area (Å²) in [7, 11) is 0. The van der Waals surface area contributed by atoms with E-state index in [1.54, 1.807) is 17.8 Å². The first-order valence-electron chi connectivity index (χ1n) is 15.8. The number of thiazole rings is 1. The number of anilines is 1. The molecule has 0 radical (unpaired) electrons. The van der Waals surface area contributed by atoms with Crippen LogP contribution >= 0.6 is 23.1 Å². The van der Waals surface area contributed by atoms with Gasteiger partial charge in [0.25, 0.3) is 5.91 Å². The number of nitrogens with zero attached hydrogens (tertiary/aromatic N) is 1. The van der Waals surface area contributed by atoms with Gasteiger partial charge in [-0.15, -0.1) is 11.8 Å². The van der Waals surface area contributed by atoms with Crippen molar-refractivity contribution in [1.29, 1.82) is 0 Å². The molecule has 4 aromatic rings. The SMILES string of the molecule is O=C(O)CCCN1C(=O)C2C3CC(C2C1=O)C1C3Sc2[nH]c(=O)sc2[C@@H]1c1cccc(OCC(=O)Nc2cccc3ccccc23)c1. The number of carbonyl (C=O) groups is 4. The van der Waals surface area contributed by atoms with Crippen LogP contribution in [0.1, 0.15) is 35.6 Å². The zero-order valence-corrected chi connectivity index (χ0v) is 26.7. The average Bonchev–Trinajstić information content (AvgIpc) is 3.80. The Bertz CT molecular complexity index is 2000. The van der Waals surface area contributed by atoms with Gasteiger partial charge >= 0.3 is 10.8 Å². The highest BCUT2D eigenvalue weighted by Crippen LogP contribution is 2.68. The number of ether oxygens (including phenoxy) is 1. The van der Waals surface area contributed by atoms with Crippen molar-refractivity contribution < 1.29 is 29.0 Å². The number of likely N-dealkylation sites (tertiary alicyclic amines) is 1. The smallest absolute Gasteiger partial charge is 0.305 e. The van der Waals surface area contributed by atoms with E-state index in [1.807, 2.05) is 60.7 Å². The fraction of sp³-hybridized carbons (Fsp3) is 0.343. The Labute approximate surface area is 277 Å². The van der Waals surface area contributed by atoms with Gasteiger partial charge in [0.15, 0.2) is 6.61 Å². The van der Waals surface area contributed by atoms with Gasteiger partial charge in [-0.3, -0.25) is 28.9 Å². The van der Waals surface area contributed by atoms with E-state index in [1.165, 1.54) is 16.2 Å². The summed E-state index contributed by atoms with van der Waals surface area (Å²) in [5.41, 5.74) is 1.64. The Kier molecular flexibility index (Phi) is 7.44. The van der Waals surface area contributed by atoms with Gasteiger partial charge in [-0.2, -0.15) is 0 Å². The molecule has 3 heterocycles. The number of rotatable bonds is 9. The maximum Gasteiger partial charge on any atom is 0.305 e. The van der Waals surface area contributed by atoms with Crippen LogP contribution < -0.4 is 14.9 Å². The van der Waals surface area contributed by atoms with Gasteiger partial charge < -0.3 is 20.1 Å². The highest BCUT2D eigenvalue weighted by Gasteiger charge is 2.69. The van der Waals surface area contributed by atoms with E-state index in [-0.39, 0.29) is 77.5 Å². The van der Waals surface area contributed by atoms with E-state index in [9.17, 15) is 24.0 Å². The molecule has 2 saturated carbocycles. The minimum atomic E-state index is -0.952. The summed E-state index contributed by atoms with van der Waals surface area (Å²) in [6.07, 6.45) is 0.897. The number of hydrogen-bond donors (Lipinski definition) is 3. The van der Waals surface area contributed by atoms with Gasteiger partial charge in [0.1, 0.15) is 5.75 Å². The minimum absolute atomic E-state index is 0.0165. The molecular formula is C35H31N3O7S2. The molecular weight excluding hydrogens is 639 g/mol. The van der Waals surface area contributed by atoms with Crippen LogP contribution in [0.15, 0.2) is 76.6 Å². The van der Waals surface area contributed by atoms with E-state index in [0.29, 0.717) is 11.4 Å². The van der Waals surface area contributed by atoms with Crippen molar-refractivity contribution in [2.24, 2.45) is 29.6 Å². The van der Waals surface area contributed by atoms with Crippen molar-refractivity contribution in [1.82, 2.24) is 9.88 Å². The summed E-state index contributed by atoms with van der Waals surface area (Å²) in [5, 5.41) is 14.8. The number of amides is 3. The second-order valence-electron chi connectivity index (χ2n) is 12.7. The number of nitrogens with one attached hydrogen (secondary N) is 2. The molecule has 1 saturated heterocycles. The Balaban J connectivity index is 1.04. The molecule has 2 aliphatic carbocycles. The fourth-order valence-electron chi connectivity index (χ4n) is 8.53. The standard InChI is InChI=1S/C35H31N3O7S2/c39-24(36-23-11-4-7-17-6-1-2-10-20(17)23)16-45-19-9-3-8-18(14-19)26-27-21-15-22(30(27)46-32-31(26)47-35(44)37-32)29-28(21)33(42)38(34(29)43)13-5-12-25(40)41/h1-4,6-11,14,21-22,26-30H,5,12-13,15-16H2,(H,36,39)(H,37,44)(H,40,41)/t21?,22?,26-,27?,28?,29?,30?/m1/s1. The number of aliphatic carboxylic acids is 1. The number of aromatic amines is 1. The van der Waals surface area contributed by atoms with Gasteiger partial charge in [0.05, 0.1) is 16.9 Å². The lowest BCUT2D eigenvalue weighted by Gasteiger charge is -2.43. The third-order valence-electron chi connectivity index (χ3n) is 10.2. The molecule has 3 N–H and O–H groups in total. The summed E-state index contributed by atoms with van der Waals surface area (Å²) in [5.74, 6) is -2.17. The molecule has 240 valence electrons. The van der Waals surface area contributed by atoms with Crippen molar-refractivity contribution >= 4 is 63.2 Å². The van der Waals surface area contributed by atoms with Crippen molar-refractivity contribution in [3.05, 3.63) is 86.8 Å². The molecule has 47 heavy (non-hydrogen) atoms. The highest BCUT2D eigenvalue weighted by molar-refractivity contribution is 8.00. The molecule has 2 aliphatic heterocycles. The maximum atomic E-state index is 13.7. The number of thioether (sulfide) groups is 1. The molecule has 12 heteroatoms. The van der Waals surface area contributed by atoms with E-state index in [2.05, 4.69) is 10.3 Å². The Morgan fingerprint density at radius 2 is 1.74 bits per heavy atom. The van der Waals surface area contributed by atoms with Crippen LogP contribution in [0.4, 0.5) is 5.69 Å². The lowest BCUT2D eigenvalue weighted by Crippen LogP contribution is -2.42. The predicted octanol–water partition coefficient (Wildman–Crippen LogP) is 4.95. The second-order valence-corrected chi connectivity index (χ2v) is 14.9. The molecule has 6 unspecified atom stereocenters. The molecule has 4 aliphatic rings.